The lowest BCUT2D eigenvalue weighted by Gasteiger charge is -1.56. The number of Topliss-reactive ketones (excluding diaryl/α,β-unsaturated/α-hetero) is 1. The molecule has 0 atom stereocenters. The van der Waals surface area contributed by atoms with Crippen molar-refractivity contribution in [3.63, 3.8) is 0 Å². The van der Waals surface area contributed by atoms with E-state index in [0.717, 1.165) is 0 Å². The summed E-state index contributed by atoms with van der Waals surface area (Å²) in [5.41, 5.74) is 0. The third kappa shape index (κ3) is 22400. The number of ketones is 1. The molecule has 0 spiro atoms. The quantitative estimate of drug-likeness (QED) is 0.546. The van der Waals surface area contributed by atoms with Gasteiger partial charge in [-0.1, -0.05) is 0 Å². The standard InChI is InChI=1S/C3H6O.C2H6O.ClH/c1-3(2)4;1-2-3;/h1-2H3;3H,2H2,1H3;1H. The van der Waals surface area contributed by atoms with E-state index < -0.39 is 0 Å². The average molecular weight is 141 g/mol. The van der Waals surface area contributed by atoms with Crippen molar-refractivity contribution in [1.82, 2.24) is 0 Å². The molecular weight excluding hydrogens is 128 g/mol. The number of hydrogen-bond acceptors (Lipinski definition) is 2. The number of carbonyl (C=O) groups excluding carboxylic acids is 1. The van der Waals surface area contributed by atoms with Crippen LogP contribution in [-0.4, -0.2) is 17.5 Å². The second-order valence-electron chi connectivity index (χ2n) is 1.22. The van der Waals surface area contributed by atoms with E-state index in [2.05, 4.69) is 0 Å². The third-order valence-electron chi connectivity index (χ3n) is 0. The normalized spacial score (nSPS) is 5.50. The number of carbonyl (C=O) groups is 1. The van der Waals surface area contributed by atoms with Gasteiger partial charge in [-0.05, 0) is 20.8 Å². The summed E-state index contributed by atoms with van der Waals surface area (Å²) in [6, 6.07) is 0. The van der Waals surface area contributed by atoms with Gasteiger partial charge in [-0.25, -0.2) is 0 Å². The zero-order chi connectivity index (χ0) is 6.28. The summed E-state index contributed by atoms with van der Waals surface area (Å²) in [6.07, 6.45) is 0. The largest absolute Gasteiger partial charge is 0.397 e. The summed E-state index contributed by atoms with van der Waals surface area (Å²) in [6.45, 7) is 4.99. The van der Waals surface area contributed by atoms with Crippen molar-refractivity contribution in [3.05, 3.63) is 0 Å². The monoisotopic (exact) mass is 140 g/mol. The Morgan fingerprint density at radius 1 is 1.50 bits per heavy atom. The molecule has 3 heteroatoms. The fraction of sp³-hybridized carbons (Fsp3) is 0.800. The maximum atomic E-state index is 9.44. The molecule has 0 aliphatic rings. The van der Waals surface area contributed by atoms with E-state index in [4.69, 9.17) is 5.11 Å². The molecule has 0 heterocycles. The lowest BCUT2D eigenvalue weighted by molar-refractivity contribution is -0.114. The Morgan fingerprint density at radius 3 is 1.50 bits per heavy atom. The Morgan fingerprint density at radius 2 is 1.50 bits per heavy atom. The fourth-order valence-corrected chi connectivity index (χ4v) is 0. The highest BCUT2D eigenvalue weighted by Crippen LogP contribution is 1.50. The maximum Gasteiger partial charge on any atom is 0.126 e. The average Bonchev–Trinajstić information content (AvgIpc) is 1.33. The lowest BCUT2D eigenvalue weighted by Crippen LogP contribution is -1.69. The Bertz CT molecular complexity index is 41.7. The van der Waals surface area contributed by atoms with E-state index in [-0.39, 0.29) is 24.8 Å². The Hall–Kier alpha value is -0.0800. The molecular formula is C5H13ClO2. The predicted octanol–water partition coefficient (Wildman–Crippen LogP) is 1.02. The first-order chi connectivity index (χ1) is 3.15. The van der Waals surface area contributed by atoms with Crippen LogP contribution in [0.2, 0.25) is 0 Å². The van der Waals surface area contributed by atoms with Gasteiger partial charge in [0.15, 0.2) is 0 Å². The van der Waals surface area contributed by atoms with Gasteiger partial charge < -0.3 is 9.90 Å². The van der Waals surface area contributed by atoms with E-state index in [0.29, 0.717) is 0 Å². The summed E-state index contributed by atoms with van der Waals surface area (Å²) < 4.78 is 0. The van der Waals surface area contributed by atoms with E-state index >= 15 is 0 Å². The van der Waals surface area contributed by atoms with Gasteiger partial charge in [0.2, 0.25) is 0 Å². The first-order valence-corrected chi connectivity index (χ1v) is 2.23. The van der Waals surface area contributed by atoms with Crippen LogP contribution < -0.4 is 0 Å². The highest BCUT2D eigenvalue weighted by atomic mass is 35.5. The molecule has 0 aliphatic heterocycles. The van der Waals surface area contributed by atoms with Crippen LogP contribution in [0.1, 0.15) is 20.8 Å². The van der Waals surface area contributed by atoms with Crippen LogP contribution in [0.3, 0.4) is 0 Å². The van der Waals surface area contributed by atoms with E-state index in [9.17, 15) is 4.79 Å². The molecule has 0 saturated carbocycles. The van der Waals surface area contributed by atoms with Gasteiger partial charge in [0.1, 0.15) is 5.78 Å². The van der Waals surface area contributed by atoms with E-state index in [1.165, 1.54) is 13.8 Å². The molecule has 0 bridgehead atoms. The minimum absolute atomic E-state index is 0. The zero-order valence-corrected chi connectivity index (χ0v) is 6.29. The van der Waals surface area contributed by atoms with Crippen LogP contribution in [0.4, 0.5) is 0 Å². The summed E-state index contributed by atoms with van der Waals surface area (Å²) in [5.74, 6) is 0.167. The van der Waals surface area contributed by atoms with E-state index in [1.807, 2.05) is 0 Å². The molecule has 0 aliphatic carbocycles. The van der Waals surface area contributed by atoms with Gasteiger partial charge in [0.05, 0.1) is 0 Å². The molecule has 0 fully saturated rings. The molecule has 8 heavy (non-hydrogen) atoms. The highest BCUT2D eigenvalue weighted by molar-refractivity contribution is 5.85. The van der Waals surface area contributed by atoms with Gasteiger partial charge in [-0.15, -0.1) is 12.4 Å². The van der Waals surface area contributed by atoms with E-state index in [1.54, 1.807) is 6.92 Å². The molecule has 0 radical (unpaired) electrons. The summed E-state index contributed by atoms with van der Waals surface area (Å²) in [7, 11) is 0. The minimum Gasteiger partial charge on any atom is -0.397 e. The van der Waals surface area contributed by atoms with Crippen LogP contribution >= 0.6 is 12.4 Å². The number of rotatable bonds is 0. The second-order valence-corrected chi connectivity index (χ2v) is 1.22. The van der Waals surface area contributed by atoms with Crippen LogP contribution in [0.15, 0.2) is 0 Å². The Balaban J connectivity index is -0.0000000575. The second kappa shape index (κ2) is 15.8. The molecule has 2 nitrogen and oxygen atoms in total. The van der Waals surface area contributed by atoms with Crippen molar-refractivity contribution in [2.24, 2.45) is 0 Å². The van der Waals surface area contributed by atoms with Gasteiger partial charge in [0.25, 0.3) is 0 Å². The van der Waals surface area contributed by atoms with Gasteiger partial charge in [-0.2, -0.15) is 0 Å². The molecule has 0 unspecified atom stereocenters. The van der Waals surface area contributed by atoms with Crippen LogP contribution in [-0.2, 0) is 4.79 Å². The zero-order valence-electron chi connectivity index (χ0n) is 5.47. The summed E-state index contributed by atoms with van der Waals surface area (Å²) in [5, 5.41) is 7.57. The highest BCUT2D eigenvalue weighted by Gasteiger charge is 1.62. The number of hydrogen-bond donors (Lipinski definition) is 1. The molecule has 0 saturated heterocycles. The van der Waals surface area contributed by atoms with Crippen molar-refractivity contribution in [1.29, 1.82) is 0 Å². The lowest BCUT2D eigenvalue weighted by atomic mass is 10.6. The molecule has 1 N–H and O–H groups in total. The third-order valence-corrected chi connectivity index (χ3v) is 0. The van der Waals surface area contributed by atoms with Crippen molar-refractivity contribution >= 4 is 18.2 Å². The van der Waals surface area contributed by atoms with Crippen LogP contribution in [0, 0.1) is 0 Å². The predicted molar refractivity (Wildman–Crippen MR) is 36.4 cm³/mol. The molecule has 0 aromatic heterocycles. The summed E-state index contributed by atoms with van der Waals surface area (Å²) >= 11 is 0. The minimum atomic E-state index is 0. The van der Waals surface area contributed by atoms with Crippen molar-refractivity contribution < 1.29 is 9.90 Å². The van der Waals surface area contributed by atoms with Gasteiger partial charge in [0, 0.05) is 6.61 Å². The number of aliphatic hydroxyl groups excluding tert-OH is 1. The first kappa shape index (κ1) is 15.7. The molecule has 0 aromatic carbocycles. The van der Waals surface area contributed by atoms with Gasteiger partial charge >= 0.3 is 0 Å². The van der Waals surface area contributed by atoms with Gasteiger partial charge in [-0.3, -0.25) is 0 Å². The van der Waals surface area contributed by atoms with Crippen molar-refractivity contribution in [2.75, 3.05) is 6.61 Å². The topological polar surface area (TPSA) is 37.3 Å². The SMILES string of the molecule is CC(C)=O.CCO.Cl. The molecule has 0 aromatic rings. The first-order valence-electron chi connectivity index (χ1n) is 2.23. The Labute approximate surface area is 56.3 Å². The number of aliphatic hydroxyl groups is 1. The smallest absolute Gasteiger partial charge is 0.126 e. The number of halogens is 1. The fourth-order valence-electron chi connectivity index (χ4n) is 0. The molecule has 0 rings (SSSR count). The van der Waals surface area contributed by atoms with Crippen LogP contribution in [0.25, 0.3) is 0 Å². The Kier molecular flexibility index (Phi) is 30.9. The summed E-state index contributed by atoms with van der Waals surface area (Å²) in [4.78, 5) is 9.44. The maximum absolute atomic E-state index is 9.44. The molecule has 0 amide bonds. The van der Waals surface area contributed by atoms with Crippen LogP contribution in [0.5, 0.6) is 0 Å². The molecule has 52 valence electrons. The van der Waals surface area contributed by atoms with Crippen molar-refractivity contribution in [3.8, 4) is 0 Å². The van der Waals surface area contributed by atoms with Crippen molar-refractivity contribution in [2.45, 2.75) is 20.8 Å².